The Balaban J connectivity index is 1.40. The second-order valence-electron chi connectivity index (χ2n) is 13.4. The van der Waals surface area contributed by atoms with Crippen molar-refractivity contribution in [2.75, 3.05) is 119 Å². The minimum Gasteiger partial charge on any atom is -0.451 e. The number of Topliss-reactive ketones (excluding diaryl/α,β-unsaturated/α-hetero) is 2. The van der Waals surface area contributed by atoms with Crippen LogP contribution in [0.4, 0.5) is 8.78 Å². The summed E-state index contributed by atoms with van der Waals surface area (Å²) in [4.78, 5) is 35.4. The van der Waals surface area contributed by atoms with E-state index in [0.717, 1.165) is 12.1 Å². The van der Waals surface area contributed by atoms with Crippen LogP contribution in [0.25, 0.3) is 6.08 Å². The fourth-order valence-electron chi connectivity index (χ4n) is 4.98. The molecule has 4 N–H and O–H groups in total. The lowest BCUT2D eigenvalue weighted by Crippen LogP contribution is -2.46. The molecule has 0 aliphatic carbocycles. The number of halogens is 2. The van der Waals surface area contributed by atoms with E-state index in [9.17, 15) is 41.8 Å². The Kier molecular flexibility index (Phi) is 28.8. The number of allylic oxidation sites excluding steroid dienone is 1. The topological polar surface area (TPSA) is 233 Å². The number of ether oxygens (including phenoxy) is 9. The van der Waals surface area contributed by atoms with Crippen molar-refractivity contribution in [2.45, 2.75) is 50.7 Å². The highest BCUT2D eigenvalue weighted by Crippen LogP contribution is 2.30. The number of benzene rings is 2. The molecule has 63 heavy (non-hydrogen) atoms. The van der Waals surface area contributed by atoms with Crippen LogP contribution in [0.1, 0.15) is 39.2 Å². The molecule has 2 atom stereocenters. The van der Waals surface area contributed by atoms with Crippen molar-refractivity contribution in [3.63, 3.8) is 0 Å². The lowest BCUT2D eigenvalue weighted by atomic mass is 10.1. The molecule has 0 unspecified atom stereocenters. The van der Waals surface area contributed by atoms with Crippen LogP contribution in [0.5, 0.6) is 11.5 Å². The van der Waals surface area contributed by atoms with Crippen LogP contribution in [-0.4, -0.2) is 167 Å². The smallest absolute Gasteiger partial charge is 0.252 e. The van der Waals surface area contributed by atoms with Gasteiger partial charge in [-0.2, -0.15) is 0 Å². The van der Waals surface area contributed by atoms with E-state index < -0.39 is 51.3 Å². The fraction of sp³-hybridized carbons (Fsp3) is 0.595. The van der Waals surface area contributed by atoms with Crippen molar-refractivity contribution >= 4 is 33.6 Å². The quantitative estimate of drug-likeness (QED) is 0.0560. The van der Waals surface area contributed by atoms with Crippen molar-refractivity contribution in [3.8, 4) is 11.5 Å². The highest BCUT2D eigenvalue weighted by atomic mass is 32.2. The third-order valence-electron chi connectivity index (χ3n) is 8.44. The van der Waals surface area contributed by atoms with Gasteiger partial charge < -0.3 is 58.2 Å². The number of amides is 1. The van der Waals surface area contributed by atoms with E-state index in [2.05, 4.69) is 10.0 Å². The van der Waals surface area contributed by atoms with Crippen LogP contribution >= 0.6 is 0 Å². The van der Waals surface area contributed by atoms with Crippen LogP contribution in [0.2, 0.25) is 0 Å². The van der Waals surface area contributed by atoms with Crippen molar-refractivity contribution in [3.05, 3.63) is 59.2 Å². The number of sulfonamides is 1. The van der Waals surface area contributed by atoms with E-state index >= 15 is 0 Å². The number of nitrogens with one attached hydrogen (secondary N) is 2. The predicted molar refractivity (Wildman–Crippen MR) is 224 cm³/mol. The number of aliphatic hydroxyl groups excluding tert-OH is 2. The zero-order valence-electron chi connectivity index (χ0n) is 36.1. The molecule has 2 aromatic rings. The summed E-state index contributed by atoms with van der Waals surface area (Å²) in [6, 6.07) is 7.06. The first-order valence-electron chi connectivity index (χ1n) is 20.5. The molecule has 0 fully saturated rings. The van der Waals surface area contributed by atoms with Gasteiger partial charge in [-0.05, 0) is 80.8 Å². The minimum absolute atomic E-state index is 0.00921. The van der Waals surface area contributed by atoms with Gasteiger partial charge in [0.05, 0.1) is 97.4 Å². The summed E-state index contributed by atoms with van der Waals surface area (Å²) >= 11 is 0. The van der Waals surface area contributed by atoms with Gasteiger partial charge >= 0.3 is 0 Å². The summed E-state index contributed by atoms with van der Waals surface area (Å²) in [5, 5.41) is 22.3. The summed E-state index contributed by atoms with van der Waals surface area (Å²) in [6.07, 6.45) is -2.13. The maximum absolute atomic E-state index is 14.6. The SMILES string of the molecule is CCOCCOCCNC(=O)[C@H](O)[C@@H](O)C(=O)CCCOCCOCCOCCOCCOCCOCCNS(=O)(=O)c1ccc(Oc2c(F)cc(/C=C(\C)C(C)=O)cc2F)cc1. The third-order valence-corrected chi connectivity index (χ3v) is 9.92. The van der Waals surface area contributed by atoms with Gasteiger partial charge in [-0.25, -0.2) is 21.9 Å². The molecule has 21 heteroatoms. The molecule has 0 aromatic heterocycles. The molecule has 0 heterocycles. The normalized spacial score (nSPS) is 12.9. The number of carbonyl (C=O) groups is 3. The molecule has 2 rings (SSSR count). The Morgan fingerprint density at radius 1 is 0.667 bits per heavy atom. The van der Waals surface area contributed by atoms with Gasteiger partial charge in [-0.1, -0.05) is 0 Å². The van der Waals surface area contributed by atoms with Gasteiger partial charge in [0.2, 0.25) is 10.0 Å². The Hall–Kier alpha value is -3.84. The largest absolute Gasteiger partial charge is 0.451 e. The van der Waals surface area contributed by atoms with Crippen LogP contribution < -0.4 is 14.8 Å². The first kappa shape index (κ1) is 55.3. The van der Waals surface area contributed by atoms with E-state index in [1.54, 1.807) is 0 Å². The molecule has 0 spiro atoms. The van der Waals surface area contributed by atoms with E-state index in [0.29, 0.717) is 78.1 Å². The standard InChI is InChI=1S/C42H62F2N2O16S/c1-4-54-16-17-56-14-11-45-42(51)40(50)39(49)38(48)6-5-13-55-18-20-58-22-24-60-26-27-61-25-23-59-21-19-57-15-12-46-63(52,53)35-9-7-34(8-10-35)62-41-36(43)29-33(30-37(41)44)28-31(2)32(3)47/h7-10,28-30,39-40,46,49-50H,4-6,11-27H2,1-3H3,(H,45,51)/b31-28+/t39-,40+/m0/s1. The highest BCUT2D eigenvalue weighted by Gasteiger charge is 2.29. The molecule has 0 saturated heterocycles. The zero-order chi connectivity index (χ0) is 46.3. The molecular weight excluding hydrogens is 859 g/mol. The second-order valence-corrected chi connectivity index (χ2v) is 15.2. The lowest BCUT2D eigenvalue weighted by Gasteiger charge is -2.16. The number of carbonyl (C=O) groups excluding carboxylic acids is 3. The minimum atomic E-state index is -3.90. The predicted octanol–water partition coefficient (Wildman–Crippen LogP) is 2.37. The summed E-state index contributed by atoms with van der Waals surface area (Å²) in [5.74, 6) is -4.40. The summed E-state index contributed by atoms with van der Waals surface area (Å²) in [7, 11) is -3.90. The van der Waals surface area contributed by atoms with Gasteiger partial charge in [-0.3, -0.25) is 14.4 Å². The first-order valence-corrected chi connectivity index (χ1v) is 22.0. The molecule has 0 aliphatic rings. The van der Waals surface area contributed by atoms with Crippen molar-refractivity contribution in [1.82, 2.24) is 10.0 Å². The lowest BCUT2D eigenvalue weighted by molar-refractivity contribution is -0.145. The van der Waals surface area contributed by atoms with Gasteiger partial charge in [0, 0.05) is 32.7 Å². The van der Waals surface area contributed by atoms with Crippen molar-refractivity contribution < 1.29 is 84.4 Å². The van der Waals surface area contributed by atoms with Crippen LogP contribution in [0, 0.1) is 11.6 Å². The number of aliphatic hydroxyl groups is 2. The van der Waals surface area contributed by atoms with Crippen LogP contribution in [-0.2, 0) is 62.3 Å². The van der Waals surface area contributed by atoms with Gasteiger partial charge in [0.15, 0.2) is 35.1 Å². The summed E-state index contributed by atoms with van der Waals surface area (Å²) in [6.45, 7) is 9.87. The summed E-state index contributed by atoms with van der Waals surface area (Å²) < 4.78 is 105. The Labute approximate surface area is 367 Å². The maximum atomic E-state index is 14.6. The molecular formula is C42H62F2N2O16S. The monoisotopic (exact) mass is 920 g/mol. The van der Waals surface area contributed by atoms with E-state index in [1.165, 1.54) is 44.2 Å². The number of hydrogen-bond donors (Lipinski definition) is 4. The van der Waals surface area contributed by atoms with Gasteiger partial charge in [0.1, 0.15) is 11.9 Å². The second kappa shape index (κ2) is 32.8. The number of hydrogen-bond acceptors (Lipinski definition) is 16. The number of rotatable bonds is 38. The first-order chi connectivity index (χ1) is 30.3. The van der Waals surface area contributed by atoms with Crippen LogP contribution in [0.15, 0.2) is 46.9 Å². The Morgan fingerprint density at radius 2 is 1.13 bits per heavy atom. The highest BCUT2D eigenvalue weighted by molar-refractivity contribution is 7.89. The molecule has 18 nitrogen and oxygen atoms in total. The van der Waals surface area contributed by atoms with E-state index in [-0.39, 0.29) is 81.1 Å². The summed E-state index contributed by atoms with van der Waals surface area (Å²) in [5.41, 5.74) is 0.482. The molecule has 0 saturated carbocycles. The third kappa shape index (κ3) is 24.1. The molecule has 2 aromatic carbocycles. The Bertz CT molecular complexity index is 1750. The average Bonchev–Trinajstić information content (AvgIpc) is 3.25. The number of ketones is 2. The molecule has 1 amide bonds. The Morgan fingerprint density at radius 3 is 1.62 bits per heavy atom. The molecule has 356 valence electrons. The zero-order valence-corrected chi connectivity index (χ0v) is 36.9. The fourth-order valence-corrected chi connectivity index (χ4v) is 5.99. The van der Waals surface area contributed by atoms with E-state index in [4.69, 9.17) is 42.6 Å². The molecule has 0 radical (unpaired) electrons. The van der Waals surface area contributed by atoms with Crippen molar-refractivity contribution in [1.29, 1.82) is 0 Å². The van der Waals surface area contributed by atoms with Gasteiger partial charge in [-0.15, -0.1) is 0 Å². The van der Waals surface area contributed by atoms with Gasteiger partial charge in [0.25, 0.3) is 5.91 Å². The van der Waals surface area contributed by atoms with E-state index in [1.807, 2.05) is 6.92 Å². The van der Waals surface area contributed by atoms with Crippen LogP contribution in [0.3, 0.4) is 0 Å². The van der Waals surface area contributed by atoms with Crippen molar-refractivity contribution in [2.24, 2.45) is 0 Å². The average molecular weight is 921 g/mol. The maximum Gasteiger partial charge on any atom is 0.252 e. The molecule has 0 aliphatic heterocycles. The molecule has 0 bridgehead atoms.